The Morgan fingerprint density at radius 2 is 1.75 bits per heavy atom. The summed E-state index contributed by atoms with van der Waals surface area (Å²) >= 11 is 0. The molecule has 32 heavy (non-hydrogen) atoms. The minimum absolute atomic E-state index is 0.307. The van der Waals surface area contributed by atoms with Crippen LogP contribution in [0.5, 0.6) is 0 Å². The summed E-state index contributed by atoms with van der Waals surface area (Å²) < 4.78 is 46.3. The van der Waals surface area contributed by atoms with Gasteiger partial charge in [-0.3, -0.25) is 4.79 Å². The van der Waals surface area contributed by atoms with Crippen molar-refractivity contribution in [2.45, 2.75) is 38.9 Å². The molecule has 1 aliphatic carbocycles. The molecule has 1 amide bonds. The van der Waals surface area contributed by atoms with Crippen molar-refractivity contribution >= 4 is 17.6 Å². The van der Waals surface area contributed by atoms with Crippen LogP contribution in [0.2, 0.25) is 0 Å². The number of hydrogen-bond acceptors (Lipinski definition) is 4. The summed E-state index contributed by atoms with van der Waals surface area (Å²) in [5.41, 5.74) is 2.13. The number of rotatable bonds is 5. The zero-order valence-corrected chi connectivity index (χ0v) is 18.1. The highest BCUT2D eigenvalue weighted by Crippen LogP contribution is 2.38. The van der Waals surface area contributed by atoms with Crippen LogP contribution in [0.3, 0.4) is 0 Å². The molecule has 4 rings (SSSR count). The van der Waals surface area contributed by atoms with E-state index in [1.165, 1.54) is 6.07 Å². The van der Waals surface area contributed by atoms with Crippen molar-refractivity contribution in [2.24, 2.45) is 0 Å². The van der Waals surface area contributed by atoms with Crippen molar-refractivity contribution in [2.75, 3.05) is 37.7 Å². The van der Waals surface area contributed by atoms with Gasteiger partial charge < -0.3 is 19.1 Å². The Morgan fingerprint density at radius 3 is 2.38 bits per heavy atom. The van der Waals surface area contributed by atoms with Gasteiger partial charge in [0.1, 0.15) is 0 Å². The number of alkyl halides is 3. The Balaban J connectivity index is 1.30. The Hall–Kier alpha value is -2.97. The van der Waals surface area contributed by atoms with Gasteiger partial charge >= 0.3 is 12.1 Å². The van der Waals surface area contributed by atoms with Gasteiger partial charge in [0.05, 0.1) is 11.1 Å². The topological polar surface area (TPSA) is 54.8 Å². The summed E-state index contributed by atoms with van der Waals surface area (Å²) in [6, 6.07) is 7.43. The SMILES string of the molecule is Cc1cc(C(=O)OCC(=O)N2CCN(c3cccc(C(F)(F)F)c3)CC2)c(C)n1C1CC1. The van der Waals surface area contributed by atoms with Crippen molar-refractivity contribution < 1.29 is 27.5 Å². The van der Waals surface area contributed by atoms with Gasteiger partial charge in [0.2, 0.25) is 0 Å². The number of piperazine rings is 1. The van der Waals surface area contributed by atoms with E-state index in [9.17, 15) is 22.8 Å². The molecular formula is C23H26F3N3O3. The predicted molar refractivity (Wildman–Crippen MR) is 113 cm³/mol. The highest BCUT2D eigenvalue weighted by atomic mass is 19.4. The molecule has 2 aliphatic rings. The number of esters is 1. The standard InChI is InChI=1S/C23H26F3N3O3/c1-15-12-20(16(2)29(15)18-6-7-18)22(31)32-14-21(30)28-10-8-27(9-11-28)19-5-3-4-17(13-19)23(24,25)26/h3-5,12-13,18H,6-11,14H2,1-2H3. The normalized spacial score (nSPS) is 16.9. The third kappa shape index (κ3) is 4.61. The van der Waals surface area contributed by atoms with E-state index in [1.807, 2.05) is 18.7 Å². The first-order valence-corrected chi connectivity index (χ1v) is 10.7. The molecule has 0 bridgehead atoms. The molecule has 1 aliphatic heterocycles. The number of benzene rings is 1. The molecular weight excluding hydrogens is 423 g/mol. The highest BCUT2D eigenvalue weighted by molar-refractivity contribution is 5.92. The fourth-order valence-corrected chi connectivity index (χ4v) is 4.27. The number of hydrogen-bond donors (Lipinski definition) is 0. The number of ether oxygens (including phenoxy) is 1. The lowest BCUT2D eigenvalue weighted by molar-refractivity contribution is -0.137. The fourth-order valence-electron chi connectivity index (χ4n) is 4.27. The monoisotopic (exact) mass is 449 g/mol. The van der Waals surface area contributed by atoms with E-state index in [0.717, 1.165) is 36.4 Å². The fraction of sp³-hybridized carbons (Fsp3) is 0.478. The molecule has 6 nitrogen and oxygen atoms in total. The van der Waals surface area contributed by atoms with Gasteiger partial charge in [-0.05, 0) is 51.0 Å². The third-order valence-corrected chi connectivity index (χ3v) is 6.11. The second-order valence-electron chi connectivity index (χ2n) is 8.38. The summed E-state index contributed by atoms with van der Waals surface area (Å²) in [5.74, 6) is -0.820. The van der Waals surface area contributed by atoms with Crippen LogP contribution >= 0.6 is 0 Å². The van der Waals surface area contributed by atoms with Crippen LogP contribution in [0.4, 0.5) is 18.9 Å². The van der Waals surface area contributed by atoms with Gasteiger partial charge in [0.15, 0.2) is 6.61 Å². The van der Waals surface area contributed by atoms with Crippen LogP contribution in [-0.4, -0.2) is 54.1 Å². The maximum absolute atomic E-state index is 13.0. The Labute approximate surface area is 184 Å². The summed E-state index contributed by atoms with van der Waals surface area (Å²) in [6.07, 6.45) is -2.18. The van der Waals surface area contributed by atoms with E-state index in [2.05, 4.69) is 4.57 Å². The van der Waals surface area contributed by atoms with E-state index in [0.29, 0.717) is 43.5 Å². The van der Waals surface area contributed by atoms with Crippen LogP contribution in [0.1, 0.15) is 46.2 Å². The average molecular weight is 449 g/mol. The molecule has 9 heteroatoms. The molecule has 0 N–H and O–H groups in total. The molecule has 0 atom stereocenters. The van der Waals surface area contributed by atoms with Gasteiger partial charge in [0, 0.05) is 49.3 Å². The lowest BCUT2D eigenvalue weighted by Crippen LogP contribution is -2.50. The lowest BCUT2D eigenvalue weighted by atomic mass is 10.1. The van der Waals surface area contributed by atoms with Crippen molar-refractivity contribution in [3.63, 3.8) is 0 Å². The van der Waals surface area contributed by atoms with Crippen molar-refractivity contribution in [1.82, 2.24) is 9.47 Å². The Bertz CT molecular complexity index is 1020. The van der Waals surface area contributed by atoms with Gasteiger partial charge in [-0.25, -0.2) is 4.79 Å². The quantitative estimate of drug-likeness (QED) is 0.649. The molecule has 172 valence electrons. The largest absolute Gasteiger partial charge is 0.452 e. The van der Waals surface area contributed by atoms with E-state index in [-0.39, 0.29) is 12.5 Å². The number of anilines is 1. The minimum Gasteiger partial charge on any atom is -0.452 e. The number of aromatic nitrogens is 1. The van der Waals surface area contributed by atoms with E-state index < -0.39 is 17.7 Å². The van der Waals surface area contributed by atoms with Crippen molar-refractivity contribution in [3.8, 4) is 0 Å². The van der Waals surface area contributed by atoms with Crippen LogP contribution < -0.4 is 4.90 Å². The molecule has 2 aromatic rings. The smallest absolute Gasteiger partial charge is 0.416 e. The number of nitrogens with zero attached hydrogens (tertiary/aromatic N) is 3. The zero-order valence-electron chi connectivity index (χ0n) is 18.1. The molecule has 2 fully saturated rings. The molecule has 0 spiro atoms. The maximum atomic E-state index is 13.0. The Kier molecular flexibility index (Phi) is 5.92. The summed E-state index contributed by atoms with van der Waals surface area (Å²) in [7, 11) is 0. The summed E-state index contributed by atoms with van der Waals surface area (Å²) in [4.78, 5) is 28.4. The lowest BCUT2D eigenvalue weighted by Gasteiger charge is -2.36. The van der Waals surface area contributed by atoms with Crippen molar-refractivity contribution in [3.05, 3.63) is 52.8 Å². The highest BCUT2D eigenvalue weighted by Gasteiger charge is 2.32. The number of halogens is 3. The summed E-state index contributed by atoms with van der Waals surface area (Å²) in [5, 5.41) is 0. The summed E-state index contributed by atoms with van der Waals surface area (Å²) in [6.45, 7) is 5.00. The average Bonchev–Trinajstić information content (AvgIpc) is 3.55. The molecule has 1 aromatic carbocycles. The van der Waals surface area contributed by atoms with Gasteiger partial charge in [-0.15, -0.1) is 0 Å². The molecule has 1 saturated heterocycles. The van der Waals surface area contributed by atoms with Crippen LogP contribution in [0, 0.1) is 13.8 Å². The van der Waals surface area contributed by atoms with Crippen LogP contribution in [0.15, 0.2) is 30.3 Å². The number of carbonyl (C=O) groups is 2. The van der Waals surface area contributed by atoms with Crippen LogP contribution in [-0.2, 0) is 15.7 Å². The first-order chi connectivity index (χ1) is 15.1. The van der Waals surface area contributed by atoms with E-state index in [4.69, 9.17) is 4.74 Å². The van der Waals surface area contributed by atoms with Crippen molar-refractivity contribution in [1.29, 1.82) is 0 Å². The van der Waals surface area contributed by atoms with Gasteiger partial charge in [0.25, 0.3) is 5.91 Å². The van der Waals surface area contributed by atoms with Gasteiger partial charge in [-0.2, -0.15) is 13.2 Å². The van der Waals surface area contributed by atoms with Crippen LogP contribution in [0.25, 0.3) is 0 Å². The molecule has 0 radical (unpaired) electrons. The number of carbonyl (C=O) groups excluding carboxylic acids is 2. The zero-order chi connectivity index (χ0) is 23.0. The first-order valence-electron chi connectivity index (χ1n) is 10.7. The molecule has 1 aromatic heterocycles. The predicted octanol–water partition coefficient (Wildman–Crippen LogP) is 3.96. The second kappa shape index (κ2) is 8.52. The number of amides is 1. The number of aryl methyl sites for hydroxylation is 1. The van der Waals surface area contributed by atoms with E-state index >= 15 is 0 Å². The van der Waals surface area contributed by atoms with E-state index in [1.54, 1.807) is 17.0 Å². The second-order valence-corrected chi connectivity index (χ2v) is 8.38. The third-order valence-electron chi connectivity index (χ3n) is 6.11. The first kappa shape index (κ1) is 22.2. The maximum Gasteiger partial charge on any atom is 0.416 e. The van der Waals surface area contributed by atoms with Gasteiger partial charge in [-0.1, -0.05) is 6.07 Å². The minimum atomic E-state index is -4.39. The molecule has 1 saturated carbocycles. The molecule has 2 heterocycles. The molecule has 0 unspecified atom stereocenters. The Morgan fingerprint density at radius 1 is 1.06 bits per heavy atom.